The van der Waals surface area contributed by atoms with Crippen molar-refractivity contribution in [1.82, 2.24) is 9.97 Å². The van der Waals surface area contributed by atoms with Gasteiger partial charge in [-0.2, -0.15) is 0 Å². The summed E-state index contributed by atoms with van der Waals surface area (Å²) in [6.45, 7) is 0. The molecule has 30 heavy (non-hydrogen) atoms. The highest BCUT2D eigenvalue weighted by molar-refractivity contribution is 6.03. The second kappa shape index (κ2) is 7.87. The molecule has 4 rings (SSSR count). The van der Waals surface area contributed by atoms with Crippen LogP contribution in [0.4, 0.5) is 8.78 Å². The Morgan fingerprint density at radius 3 is 2.27 bits per heavy atom. The maximum absolute atomic E-state index is 13.4. The van der Waals surface area contributed by atoms with E-state index in [4.69, 9.17) is 4.74 Å². The largest absolute Gasteiger partial charge is 0.504 e. The van der Waals surface area contributed by atoms with Crippen molar-refractivity contribution in [3.05, 3.63) is 89.2 Å². The molecule has 0 spiro atoms. The molecule has 0 atom stereocenters. The van der Waals surface area contributed by atoms with Crippen LogP contribution in [-0.4, -0.2) is 28.2 Å². The van der Waals surface area contributed by atoms with Crippen molar-refractivity contribution in [2.24, 2.45) is 0 Å². The van der Waals surface area contributed by atoms with Gasteiger partial charge in [-0.25, -0.2) is 18.6 Å². The summed E-state index contributed by atoms with van der Waals surface area (Å²) in [5, 5.41) is 11.0. The van der Waals surface area contributed by atoms with Crippen LogP contribution in [0.1, 0.15) is 21.6 Å². The van der Waals surface area contributed by atoms with E-state index in [0.29, 0.717) is 23.1 Å². The summed E-state index contributed by atoms with van der Waals surface area (Å²) in [4.78, 5) is 20.7. The second-order valence-electron chi connectivity index (χ2n) is 6.70. The quantitative estimate of drug-likeness (QED) is 0.499. The van der Waals surface area contributed by atoms with Crippen molar-refractivity contribution in [2.45, 2.75) is 6.42 Å². The highest BCUT2D eigenvalue weighted by Crippen LogP contribution is 2.34. The number of esters is 1. The third-order valence-electron chi connectivity index (χ3n) is 4.69. The van der Waals surface area contributed by atoms with E-state index in [2.05, 4.69) is 9.97 Å². The molecule has 0 bridgehead atoms. The predicted molar refractivity (Wildman–Crippen MR) is 107 cm³/mol. The van der Waals surface area contributed by atoms with Crippen LogP contribution in [0.3, 0.4) is 0 Å². The van der Waals surface area contributed by atoms with Crippen molar-refractivity contribution in [2.75, 3.05) is 7.11 Å². The molecule has 0 unspecified atom stereocenters. The van der Waals surface area contributed by atoms with Crippen molar-refractivity contribution < 1.29 is 23.4 Å². The Balaban J connectivity index is 1.90. The van der Waals surface area contributed by atoms with Crippen LogP contribution < -0.4 is 0 Å². The Hall–Kier alpha value is -3.87. The van der Waals surface area contributed by atoms with E-state index >= 15 is 0 Å². The summed E-state index contributed by atoms with van der Waals surface area (Å²) in [6, 6.07) is 13.5. The van der Waals surface area contributed by atoms with Gasteiger partial charge in [-0.05, 0) is 60.0 Å². The minimum atomic E-state index is -0.810. The summed E-state index contributed by atoms with van der Waals surface area (Å²) in [5.74, 6) is -1.94. The number of halogens is 2. The Morgan fingerprint density at radius 1 is 1.00 bits per heavy atom. The smallest absolute Gasteiger partial charge is 0.360 e. The first-order chi connectivity index (χ1) is 14.5. The van der Waals surface area contributed by atoms with Gasteiger partial charge in [-0.3, -0.25) is 4.98 Å². The fourth-order valence-corrected chi connectivity index (χ4v) is 3.22. The number of nitrogens with zero attached hydrogens (tertiary/aromatic N) is 2. The minimum absolute atomic E-state index is 0.174. The zero-order valence-electron chi connectivity index (χ0n) is 15.9. The monoisotopic (exact) mass is 406 g/mol. The first-order valence-electron chi connectivity index (χ1n) is 9.06. The molecule has 2 heterocycles. The van der Waals surface area contributed by atoms with Gasteiger partial charge in [0.05, 0.1) is 12.8 Å². The van der Waals surface area contributed by atoms with Gasteiger partial charge < -0.3 is 9.84 Å². The summed E-state index contributed by atoms with van der Waals surface area (Å²) in [6.07, 6.45) is 2.05. The predicted octanol–water partition coefficient (Wildman–Crippen LogP) is 4.66. The van der Waals surface area contributed by atoms with E-state index < -0.39 is 17.5 Å². The minimum Gasteiger partial charge on any atom is -0.504 e. The van der Waals surface area contributed by atoms with E-state index in [9.17, 15) is 18.7 Å². The van der Waals surface area contributed by atoms with Gasteiger partial charge in [0.25, 0.3) is 0 Å². The van der Waals surface area contributed by atoms with Gasteiger partial charge in [0, 0.05) is 17.1 Å². The maximum Gasteiger partial charge on any atom is 0.360 e. The van der Waals surface area contributed by atoms with Crippen LogP contribution in [0.2, 0.25) is 0 Å². The molecule has 0 saturated heterocycles. The number of aromatic nitrogens is 2. The highest BCUT2D eigenvalue weighted by atomic mass is 19.1. The van der Waals surface area contributed by atoms with Crippen LogP contribution in [0, 0.1) is 11.6 Å². The number of aromatic hydroxyl groups is 1. The van der Waals surface area contributed by atoms with Crippen LogP contribution in [-0.2, 0) is 11.2 Å². The molecule has 0 aliphatic carbocycles. The van der Waals surface area contributed by atoms with Gasteiger partial charge in [0.1, 0.15) is 17.2 Å². The van der Waals surface area contributed by atoms with E-state index in [-0.39, 0.29) is 17.0 Å². The number of carbonyl (C=O) groups is 1. The zero-order valence-corrected chi connectivity index (χ0v) is 15.9. The third-order valence-corrected chi connectivity index (χ3v) is 4.69. The van der Waals surface area contributed by atoms with Crippen LogP contribution >= 0.6 is 0 Å². The molecule has 0 fully saturated rings. The zero-order chi connectivity index (χ0) is 21.3. The summed E-state index contributed by atoms with van der Waals surface area (Å²) < 4.78 is 31.3. The molecule has 0 saturated carbocycles. The van der Waals surface area contributed by atoms with E-state index in [1.807, 2.05) is 0 Å². The van der Waals surface area contributed by atoms with Crippen LogP contribution in [0.5, 0.6) is 5.75 Å². The Labute approximate surface area is 170 Å². The van der Waals surface area contributed by atoms with Gasteiger partial charge in [-0.1, -0.05) is 12.1 Å². The molecule has 4 aromatic rings. The molecule has 2 aromatic carbocycles. The van der Waals surface area contributed by atoms with Gasteiger partial charge in [0.15, 0.2) is 11.4 Å². The Bertz CT molecular complexity index is 1240. The molecular formula is C23H16F2N2O3. The lowest BCUT2D eigenvalue weighted by Crippen LogP contribution is -2.07. The average Bonchev–Trinajstić information content (AvgIpc) is 2.76. The van der Waals surface area contributed by atoms with Crippen molar-refractivity contribution in [3.63, 3.8) is 0 Å². The maximum atomic E-state index is 13.4. The molecule has 0 radical (unpaired) electrons. The third kappa shape index (κ3) is 3.69. The number of fused-ring (bicyclic) bond motifs is 1. The molecule has 150 valence electrons. The number of benzene rings is 2. The Kier molecular flexibility index (Phi) is 5.10. The average molecular weight is 406 g/mol. The number of rotatable bonds is 4. The number of hydrogen-bond acceptors (Lipinski definition) is 5. The number of pyridine rings is 2. The van der Waals surface area contributed by atoms with E-state index in [0.717, 1.165) is 11.1 Å². The van der Waals surface area contributed by atoms with E-state index in [1.54, 1.807) is 24.4 Å². The molecule has 1 N–H and O–H groups in total. The molecule has 7 heteroatoms. The molecule has 0 amide bonds. The van der Waals surface area contributed by atoms with Gasteiger partial charge >= 0.3 is 5.97 Å². The number of methoxy groups -OCH3 is 1. The van der Waals surface area contributed by atoms with Crippen molar-refractivity contribution in [1.29, 1.82) is 0 Å². The number of carbonyl (C=O) groups excluding carboxylic acids is 1. The first kappa shape index (κ1) is 19.4. The van der Waals surface area contributed by atoms with Crippen molar-refractivity contribution in [3.8, 4) is 17.0 Å². The summed E-state index contributed by atoms with van der Waals surface area (Å²) >= 11 is 0. The lowest BCUT2D eigenvalue weighted by Gasteiger charge is -2.12. The van der Waals surface area contributed by atoms with Crippen LogP contribution in [0.25, 0.3) is 22.2 Å². The van der Waals surface area contributed by atoms with Crippen molar-refractivity contribution >= 4 is 16.9 Å². The van der Waals surface area contributed by atoms with Crippen LogP contribution in [0.15, 0.2) is 60.8 Å². The molecule has 0 aliphatic heterocycles. The fraction of sp³-hybridized carbons (Fsp3) is 0.0870. The lowest BCUT2D eigenvalue weighted by atomic mass is 10.0. The summed E-state index contributed by atoms with van der Waals surface area (Å²) in [5.41, 5.74) is 2.48. The Morgan fingerprint density at radius 2 is 1.63 bits per heavy atom. The SMILES string of the molecule is COC(=O)c1nc(-c2ccc(F)cc2)c2cc(Cc3ccc(F)cc3)cnc2c1O. The molecular weight excluding hydrogens is 390 g/mol. The topological polar surface area (TPSA) is 72.3 Å². The van der Waals surface area contributed by atoms with Gasteiger partial charge in [0.2, 0.25) is 0 Å². The molecule has 5 nitrogen and oxygen atoms in total. The number of ether oxygens (including phenoxy) is 1. The standard InChI is InChI=1S/C23H16F2N2O3/c1-30-23(29)21-22(28)20-18(19(27-21)15-4-8-17(25)9-5-15)11-14(12-26-20)10-13-2-6-16(24)7-3-13/h2-9,11-12,28H,10H2,1H3. The summed E-state index contributed by atoms with van der Waals surface area (Å²) in [7, 11) is 1.18. The van der Waals surface area contributed by atoms with Gasteiger partial charge in [-0.15, -0.1) is 0 Å². The second-order valence-corrected chi connectivity index (χ2v) is 6.70. The van der Waals surface area contributed by atoms with E-state index in [1.165, 1.54) is 43.5 Å². The molecule has 2 aromatic heterocycles. The molecule has 0 aliphatic rings. The lowest BCUT2D eigenvalue weighted by molar-refractivity contribution is 0.0591. The fourth-order valence-electron chi connectivity index (χ4n) is 3.22. The first-order valence-corrected chi connectivity index (χ1v) is 9.06. The number of hydrogen-bond donors (Lipinski definition) is 1. The highest BCUT2D eigenvalue weighted by Gasteiger charge is 2.22. The normalized spacial score (nSPS) is 10.9.